The van der Waals surface area contributed by atoms with Crippen LogP contribution in [0, 0.1) is 11.2 Å². The van der Waals surface area contributed by atoms with Crippen molar-refractivity contribution in [1.82, 2.24) is 4.90 Å². The minimum atomic E-state index is -0.370. The van der Waals surface area contributed by atoms with Crippen LogP contribution in [-0.2, 0) is 4.79 Å². The van der Waals surface area contributed by atoms with E-state index in [4.69, 9.17) is 0 Å². The molecule has 0 bridgehead atoms. The van der Waals surface area contributed by atoms with Crippen molar-refractivity contribution >= 4 is 17.4 Å². The second kappa shape index (κ2) is 6.54. The molecule has 2 aliphatic rings. The molecule has 1 saturated heterocycles. The van der Waals surface area contributed by atoms with Crippen LogP contribution in [0.3, 0.4) is 0 Å². The van der Waals surface area contributed by atoms with Crippen LogP contribution in [0.15, 0.2) is 18.2 Å². The fraction of sp³-hybridized carbons (Fsp3) is 0.579. The van der Waals surface area contributed by atoms with Gasteiger partial charge in [0.25, 0.3) is 0 Å². The molecule has 2 fully saturated rings. The van der Waals surface area contributed by atoms with E-state index in [9.17, 15) is 14.0 Å². The molecule has 130 valence electrons. The fourth-order valence-corrected chi connectivity index (χ4v) is 3.88. The molecule has 1 aromatic rings. The zero-order valence-corrected chi connectivity index (χ0v) is 14.5. The zero-order chi connectivity index (χ0) is 17.3. The summed E-state index contributed by atoms with van der Waals surface area (Å²) in [5.41, 5.74) is 0.703. The average Bonchev–Trinajstić information content (AvgIpc) is 3.02. The van der Waals surface area contributed by atoms with Gasteiger partial charge in [-0.3, -0.25) is 9.59 Å². The first-order valence-corrected chi connectivity index (χ1v) is 8.75. The SMILES string of the molecule is CC(=O)c1ccc(N2CCN(C(=O)C3(C)CCCC3)CC2)c(F)c1. The van der Waals surface area contributed by atoms with Gasteiger partial charge in [0.2, 0.25) is 5.91 Å². The predicted octanol–water partition coefficient (Wildman–Crippen LogP) is 3.26. The van der Waals surface area contributed by atoms with Gasteiger partial charge in [-0.15, -0.1) is 0 Å². The molecular weight excluding hydrogens is 307 g/mol. The highest BCUT2D eigenvalue weighted by atomic mass is 19.1. The van der Waals surface area contributed by atoms with Crippen LogP contribution in [0.1, 0.15) is 49.9 Å². The van der Waals surface area contributed by atoms with Crippen molar-refractivity contribution in [2.75, 3.05) is 31.1 Å². The summed E-state index contributed by atoms with van der Waals surface area (Å²) >= 11 is 0. The number of carbonyl (C=O) groups excluding carboxylic acids is 2. The van der Waals surface area contributed by atoms with Gasteiger partial charge in [-0.1, -0.05) is 19.8 Å². The van der Waals surface area contributed by atoms with Gasteiger partial charge in [-0.25, -0.2) is 4.39 Å². The third kappa shape index (κ3) is 3.17. The molecule has 1 aromatic carbocycles. The van der Waals surface area contributed by atoms with Crippen LogP contribution in [0.2, 0.25) is 0 Å². The number of anilines is 1. The monoisotopic (exact) mass is 332 g/mol. The number of Topliss-reactive ketones (excluding diaryl/α,β-unsaturated/α-hetero) is 1. The summed E-state index contributed by atoms with van der Waals surface area (Å²) in [5, 5.41) is 0. The van der Waals surface area contributed by atoms with Crippen LogP contribution in [-0.4, -0.2) is 42.8 Å². The number of benzene rings is 1. The van der Waals surface area contributed by atoms with E-state index < -0.39 is 0 Å². The Morgan fingerprint density at radius 1 is 1.08 bits per heavy atom. The first-order valence-electron chi connectivity index (χ1n) is 8.75. The topological polar surface area (TPSA) is 40.6 Å². The number of rotatable bonds is 3. The Hall–Kier alpha value is -1.91. The van der Waals surface area contributed by atoms with Gasteiger partial charge in [0.1, 0.15) is 5.82 Å². The summed E-state index contributed by atoms with van der Waals surface area (Å²) < 4.78 is 14.3. The van der Waals surface area contributed by atoms with E-state index >= 15 is 0 Å². The highest BCUT2D eigenvalue weighted by Gasteiger charge is 2.39. The van der Waals surface area contributed by atoms with Gasteiger partial charge in [-0.05, 0) is 38.0 Å². The molecule has 3 rings (SSSR count). The lowest BCUT2D eigenvalue weighted by Crippen LogP contribution is -2.52. The second-order valence-electron chi connectivity index (χ2n) is 7.27. The normalized spacial score (nSPS) is 20.3. The number of halogens is 1. The molecule has 1 aliphatic heterocycles. The zero-order valence-electron chi connectivity index (χ0n) is 14.5. The maximum atomic E-state index is 14.3. The molecule has 0 atom stereocenters. The number of amides is 1. The number of nitrogens with zero attached hydrogens (tertiary/aromatic N) is 2. The van der Waals surface area contributed by atoms with Crippen LogP contribution < -0.4 is 4.90 Å². The lowest BCUT2D eigenvalue weighted by Gasteiger charge is -2.39. The van der Waals surface area contributed by atoms with Crippen LogP contribution in [0.25, 0.3) is 0 Å². The largest absolute Gasteiger partial charge is 0.366 e. The van der Waals surface area contributed by atoms with Gasteiger partial charge in [0.05, 0.1) is 5.69 Å². The van der Waals surface area contributed by atoms with Crippen LogP contribution >= 0.6 is 0 Å². The minimum absolute atomic E-state index is 0.138. The highest BCUT2D eigenvalue weighted by Crippen LogP contribution is 2.39. The lowest BCUT2D eigenvalue weighted by molar-refractivity contribution is -0.141. The molecule has 0 radical (unpaired) electrons. The smallest absolute Gasteiger partial charge is 0.228 e. The van der Waals surface area contributed by atoms with Crippen LogP contribution in [0.4, 0.5) is 10.1 Å². The molecule has 4 nitrogen and oxygen atoms in total. The quantitative estimate of drug-likeness (QED) is 0.798. The maximum absolute atomic E-state index is 14.3. The average molecular weight is 332 g/mol. The molecule has 0 N–H and O–H groups in total. The van der Waals surface area contributed by atoms with E-state index in [0.29, 0.717) is 37.4 Å². The molecule has 1 amide bonds. The second-order valence-corrected chi connectivity index (χ2v) is 7.27. The molecular formula is C19H25FN2O2. The first-order chi connectivity index (χ1) is 11.4. The van der Waals surface area contributed by atoms with E-state index in [2.05, 4.69) is 6.92 Å². The molecule has 24 heavy (non-hydrogen) atoms. The van der Waals surface area contributed by atoms with E-state index in [-0.39, 0.29) is 22.9 Å². The molecule has 0 spiro atoms. The predicted molar refractivity (Wildman–Crippen MR) is 91.8 cm³/mol. The highest BCUT2D eigenvalue weighted by molar-refractivity contribution is 5.94. The molecule has 1 saturated carbocycles. The molecule has 1 heterocycles. The Bertz CT molecular complexity index is 645. The molecule has 0 aromatic heterocycles. The Balaban J connectivity index is 1.65. The summed E-state index contributed by atoms with van der Waals surface area (Å²) in [6.45, 7) is 6.01. The summed E-state index contributed by atoms with van der Waals surface area (Å²) in [6.07, 6.45) is 4.23. The maximum Gasteiger partial charge on any atom is 0.228 e. The van der Waals surface area contributed by atoms with Gasteiger partial charge >= 0.3 is 0 Å². The summed E-state index contributed by atoms with van der Waals surface area (Å²) in [5.74, 6) is -0.252. The minimum Gasteiger partial charge on any atom is -0.366 e. The molecule has 1 aliphatic carbocycles. The number of carbonyl (C=O) groups is 2. The lowest BCUT2D eigenvalue weighted by atomic mass is 9.87. The van der Waals surface area contributed by atoms with Gasteiger partial charge in [0, 0.05) is 37.2 Å². The Kier molecular flexibility index (Phi) is 4.61. The van der Waals surface area contributed by atoms with Crippen molar-refractivity contribution in [1.29, 1.82) is 0 Å². The Morgan fingerprint density at radius 2 is 1.71 bits per heavy atom. The number of piperazine rings is 1. The fourth-order valence-electron chi connectivity index (χ4n) is 3.88. The van der Waals surface area contributed by atoms with Gasteiger partial charge in [-0.2, -0.15) is 0 Å². The standard InChI is InChI=1S/C19H25FN2O2/c1-14(23)15-5-6-17(16(20)13-15)21-9-11-22(12-10-21)18(24)19(2)7-3-4-8-19/h5-6,13H,3-4,7-12H2,1-2H3. The van der Waals surface area contributed by atoms with E-state index in [1.54, 1.807) is 12.1 Å². The third-order valence-corrected chi connectivity index (χ3v) is 5.49. The summed E-state index contributed by atoms with van der Waals surface area (Å²) in [4.78, 5) is 28.0. The van der Waals surface area contributed by atoms with Crippen molar-refractivity contribution in [3.8, 4) is 0 Å². The van der Waals surface area contributed by atoms with Crippen molar-refractivity contribution in [3.63, 3.8) is 0 Å². The third-order valence-electron chi connectivity index (χ3n) is 5.49. The van der Waals surface area contributed by atoms with Crippen molar-refractivity contribution in [3.05, 3.63) is 29.6 Å². The number of hydrogen-bond acceptors (Lipinski definition) is 3. The van der Waals surface area contributed by atoms with E-state index in [1.807, 2.05) is 9.80 Å². The number of ketones is 1. The first kappa shape index (κ1) is 16.9. The van der Waals surface area contributed by atoms with E-state index in [0.717, 1.165) is 25.7 Å². The van der Waals surface area contributed by atoms with E-state index in [1.165, 1.54) is 13.0 Å². The Morgan fingerprint density at radius 3 is 2.25 bits per heavy atom. The van der Waals surface area contributed by atoms with Crippen molar-refractivity contribution < 1.29 is 14.0 Å². The van der Waals surface area contributed by atoms with Gasteiger partial charge in [0.15, 0.2) is 5.78 Å². The van der Waals surface area contributed by atoms with Crippen molar-refractivity contribution in [2.24, 2.45) is 5.41 Å². The molecule has 5 heteroatoms. The summed E-state index contributed by atoms with van der Waals surface area (Å²) in [7, 11) is 0. The number of hydrogen-bond donors (Lipinski definition) is 0. The Labute approximate surface area is 142 Å². The van der Waals surface area contributed by atoms with Gasteiger partial charge < -0.3 is 9.80 Å². The summed E-state index contributed by atoms with van der Waals surface area (Å²) in [6, 6.07) is 4.63. The van der Waals surface area contributed by atoms with Crippen LogP contribution in [0.5, 0.6) is 0 Å². The molecule has 0 unspecified atom stereocenters. The van der Waals surface area contributed by atoms with Crippen molar-refractivity contribution in [2.45, 2.75) is 39.5 Å².